The van der Waals surface area contributed by atoms with E-state index in [0.29, 0.717) is 12.6 Å². The summed E-state index contributed by atoms with van der Waals surface area (Å²) < 4.78 is 0. The monoisotopic (exact) mass is 224 g/mol. The standard InChI is InChI=1S/C11H20N4O/c1-8(2)12-10-7-11(14-9(3)13-10)15(4)5-6-16/h7-8,16H,5-6H2,1-4H3,(H,12,13,14). The molecule has 0 aromatic carbocycles. The smallest absolute Gasteiger partial charge is 0.134 e. The van der Waals surface area contributed by atoms with Crippen molar-refractivity contribution in [2.24, 2.45) is 0 Å². The van der Waals surface area contributed by atoms with E-state index >= 15 is 0 Å². The first-order valence-electron chi connectivity index (χ1n) is 5.47. The maximum atomic E-state index is 8.88. The molecule has 0 bridgehead atoms. The van der Waals surface area contributed by atoms with Crippen LogP contribution >= 0.6 is 0 Å². The van der Waals surface area contributed by atoms with E-state index in [2.05, 4.69) is 29.1 Å². The number of likely N-dealkylation sites (N-methyl/N-ethyl adjacent to an activating group) is 1. The number of nitrogens with one attached hydrogen (secondary N) is 1. The van der Waals surface area contributed by atoms with Crippen molar-refractivity contribution in [1.29, 1.82) is 0 Å². The highest BCUT2D eigenvalue weighted by Crippen LogP contribution is 2.14. The zero-order valence-corrected chi connectivity index (χ0v) is 10.4. The predicted octanol–water partition coefficient (Wildman–Crippen LogP) is 1.03. The van der Waals surface area contributed by atoms with Gasteiger partial charge in [-0.05, 0) is 20.8 Å². The van der Waals surface area contributed by atoms with Crippen molar-refractivity contribution in [1.82, 2.24) is 9.97 Å². The summed E-state index contributed by atoms with van der Waals surface area (Å²) in [6.07, 6.45) is 0. The van der Waals surface area contributed by atoms with Gasteiger partial charge in [0, 0.05) is 25.7 Å². The third kappa shape index (κ3) is 3.66. The van der Waals surface area contributed by atoms with Crippen molar-refractivity contribution in [2.75, 3.05) is 30.4 Å². The first kappa shape index (κ1) is 12.7. The number of aliphatic hydroxyl groups excluding tert-OH is 1. The summed E-state index contributed by atoms with van der Waals surface area (Å²) in [6, 6.07) is 2.23. The molecule has 0 atom stereocenters. The largest absolute Gasteiger partial charge is 0.395 e. The summed E-state index contributed by atoms with van der Waals surface area (Å²) in [6.45, 7) is 6.68. The molecule has 0 aliphatic rings. The van der Waals surface area contributed by atoms with Crippen molar-refractivity contribution < 1.29 is 5.11 Å². The van der Waals surface area contributed by atoms with Crippen LogP contribution in [0.5, 0.6) is 0 Å². The summed E-state index contributed by atoms with van der Waals surface area (Å²) in [7, 11) is 1.90. The number of nitrogens with zero attached hydrogens (tertiary/aromatic N) is 3. The molecule has 0 saturated heterocycles. The third-order valence-corrected chi connectivity index (χ3v) is 2.09. The molecule has 5 nitrogen and oxygen atoms in total. The van der Waals surface area contributed by atoms with Crippen LogP contribution < -0.4 is 10.2 Å². The van der Waals surface area contributed by atoms with Crippen molar-refractivity contribution in [2.45, 2.75) is 26.8 Å². The molecule has 5 heteroatoms. The SMILES string of the molecule is Cc1nc(NC(C)C)cc(N(C)CCO)n1. The van der Waals surface area contributed by atoms with Gasteiger partial charge in [-0.25, -0.2) is 9.97 Å². The number of aliphatic hydroxyl groups is 1. The average molecular weight is 224 g/mol. The highest BCUT2D eigenvalue weighted by Gasteiger charge is 2.06. The number of anilines is 2. The van der Waals surface area contributed by atoms with E-state index in [-0.39, 0.29) is 6.61 Å². The Labute approximate surface area is 96.5 Å². The fraction of sp³-hybridized carbons (Fsp3) is 0.636. The summed E-state index contributed by atoms with van der Waals surface area (Å²) in [4.78, 5) is 10.5. The molecule has 1 rings (SSSR count). The van der Waals surface area contributed by atoms with Crippen LogP contribution in [-0.2, 0) is 0 Å². The second-order valence-electron chi connectivity index (χ2n) is 4.10. The van der Waals surface area contributed by atoms with E-state index in [4.69, 9.17) is 5.11 Å². The van der Waals surface area contributed by atoms with Crippen molar-refractivity contribution >= 4 is 11.6 Å². The summed E-state index contributed by atoms with van der Waals surface area (Å²) >= 11 is 0. The highest BCUT2D eigenvalue weighted by molar-refractivity contribution is 5.49. The Morgan fingerprint density at radius 2 is 2.12 bits per heavy atom. The highest BCUT2D eigenvalue weighted by atomic mass is 16.3. The van der Waals surface area contributed by atoms with Crippen molar-refractivity contribution in [3.8, 4) is 0 Å². The lowest BCUT2D eigenvalue weighted by atomic mass is 10.3. The Balaban J connectivity index is 2.89. The fourth-order valence-electron chi connectivity index (χ4n) is 1.38. The zero-order valence-electron chi connectivity index (χ0n) is 10.4. The zero-order chi connectivity index (χ0) is 12.1. The lowest BCUT2D eigenvalue weighted by Gasteiger charge is -2.18. The summed E-state index contributed by atoms with van der Waals surface area (Å²) in [5.41, 5.74) is 0. The van der Waals surface area contributed by atoms with Crippen LogP contribution in [0.1, 0.15) is 19.7 Å². The topological polar surface area (TPSA) is 61.3 Å². The van der Waals surface area contributed by atoms with Crippen LogP contribution in [0.25, 0.3) is 0 Å². The van der Waals surface area contributed by atoms with E-state index in [1.165, 1.54) is 0 Å². The lowest BCUT2D eigenvalue weighted by molar-refractivity contribution is 0.304. The third-order valence-electron chi connectivity index (χ3n) is 2.09. The number of aryl methyl sites for hydroxylation is 1. The van der Waals surface area contributed by atoms with Gasteiger partial charge in [0.1, 0.15) is 17.5 Å². The average Bonchev–Trinajstić information content (AvgIpc) is 2.15. The molecule has 90 valence electrons. The molecule has 0 unspecified atom stereocenters. The molecule has 0 fully saturated rings. The van der Waals surface area contributed by atoms with Crippen LogP contribution in [0.15, 0.2) is 6.07 Å². The second kappa shape index (κ2) is 5.65. The number of hydrogen-bond acceptors (Lipinski definition) is 5. The Bertz CT molecular complexity index is 341. The fourth-order valence-corrected chi connectivity index (χ4v) is 1.38. The van der Waals surface area contributed by atoms with Gasteiger partial charge in [0.15, 0.2) is 0 Å². The van der Waals surface area contributed by atoms with Gasteiger partial charge in [0.25, 0.3) is 0 Å². The minimum absolute atomic E-state index is 0.118. The quantitative estimate of drug-likeness (QED) is 0.782. The van der Waals surface area contributed by atoms with Gasteiger partial charge in [-0.3, -0.25) is 0 Å². The number of rotatable bonds is 5. The molecule has 2 N–H and O–H groups in total. The van der Waals surface area contributed by atoms with Crippen LogP contribution in [0.2, 0.25) is 0 Å². The molecular formula is C11H20N4O. The summed E-state index contributed by atoms with van der Waals surface area (Å²) in [5, 5.41) is 12.1. The van der Waals surface area contributed by atoms with Gasteiger partial charge in [-0.2, -0.15) is 0 Å². The normalized spacial score (nSPS) is 10.6. The minimum Gasteiger partial charge on any atom is -0.395 e. The molecule has 1 aromatic rings. The van der Waals surface area contributed by atoms with E-state index in [9.17, 15) is 0 Å². The van der Waals surface area contributed by atoms with Gasteiger partial charge < -0.3 is 15.3 Å². The Morgan fingerprint density at radius 3 is 2.69 bits per heavy atom. The van der Waals surface area contributed by atoms with Crippen molar-refractivity contribution in [3.05, 3.63) is 11.9 Å². The first-order valence-corrected chi connectivity index (χ1v) is 5.47. The maximum absolute atomic E-state index is 8.88. The van der Waals surface area contributed by atoms with Gasteiger partial charge in [0.2, 0.25) is 0 Å². The van der Waals surface area contributed by atoms with Crippen LogP contribution in [0.3, 0.4) is 0 Å². The van der Waals surface area contributed by atoms with E-state index in [0.717, 1.165) is 17.5 Å². The number of aromatic nitrogens is 2. The molecule has 0 aliphatic carbocycles. The van der Waals surface area contributed by atoms with E-state index < -0.39 is 0 Å². The summed E-state index contributed by atoms with van der Waals surface area (Å²) in [5.74, 6) is 2.37. The van der Waals surface area contributed by atoms with Gasteiger partial charge >= 0.3 is 0 Å². The molecule has 1 heterocycles. The molecule has 0 radical (unpaired) electrons. The van der Waals surface area contributed by atoms with E-state index in [1.54, 1.807) is 0 Å². The molecule has 0 spiro atoms. The molecule has 16 heavy (non-hydrogen) atoms. The molecule has 0 saturated carbocycles. The molecule has 1 aromatic heterocycles. The second-order valence-corrected chi connectivity index (χ2v) is 4.10. The Hall–Kier alpha value is -1.36. The molecule has 0 aliphatic heterocycles. The van der Waals surface area contributed by atoms with Gasteiger partial charge in [-0.15, -0.1) is 0 Å². The van der Waals surface area contributed by atoms with Gasteiger partial charge in [-0.1, -0.05) is 0 Å². The molecular weight excluding hydrogens is 204 g/mol. The molecule has 0 amide bonds. The maximum Gasteiger partial charge on any atom is 0.134 e. The predicted molar refractivity (Wildman–Crippen MR) is 65.9 cm³/mol. The van der Waals surface area contributed by atoms with Crippen molar-refractivity contribution in [3.63, 3.8) is 0 Å². The van der Waals surface area contributed by atoms with Crippen LogP contribution in [0.4, 0.5) is 11.6 Å². The minimum atomic E-state index is 0.118. The Kier molecular flexibility index (Phi) is 4.49. The van der Waals surface area contributed by atoms with E-state index in [1.807, 2.05) is 24.9 Å². The number of hydrogen-bond donors (Lipinski definition) is 2. The van der Waals surface area contributed by atoms with Crippen LogP contribution in [-0.4, -0.2) is 41.3 Å². The lowest BCUT2D eigenvalue weighted by Crippen LogP contribution is -2.23. The Morgan fingerprint density at radius 1 is 1.44 bits per heavy atom. The van der Waals surface area contributed by atoms with Crippen LogP contribution in [0, 0.1) is 6.92 Å². The van der Waals surface area contributed by atoms with Gasteiger partial charge in [0.05, 0.1) is 6.61 Å². The first-order chi connectivity index (χ1) is 7.52.